The van der Waals surface area contributed by atoms with Gasteiger partial charge in [-0.15, -0.1) is 0 Å². The highest BCUT2D eigenvalue weighted by molar-refractivity contribution is 5.75. The molecule has 1 rings (SSSR count). The molecule has 146 valence electrons. The fourth-order valence-corrected chi connectivity index (χ4v) is 2.94. The average Bonchev–Trinajstić information content (AvgIpc) is 2.65. The number of carboxylic acids is 1. The van der Waals surface area contributed by atoms with Gasteiger partial charge in [0, 0.05) is 12.2 Å². The fraction of sp³-hybridized carbons (Fsp3) is 0.609. The first-order valence-corrected chi connectivity index (χ1v) is 10.4. The van der Waals surface area contributed by atoms with Gasteiger partial charge < -0.3 is 10.4 Å². The minimum absolute atomic E-state index is 0.453. The molecule has 3 nitrogen and oxygen atoms in total. The summed E-state index contributed by atoms with van der Waals surface area (Å²) in [5.74, 6) is -1.24. The summed E-state index contributed by atoms with van der Waals surface area (Å²) < 4.78 is 0. The Hall–Kier alpha value is -1.77. The number of allylic oxidation sites excluding steroid dienone is 2. The van der Waals surface area contributed by atoms with Crippen molar-refractivity contribution in [1.29, 1.82) is 0 Å². The average molecular weight is 360 g/mol. The Morgan fingerprint density at radius 3 is 2.15 bits per heavy atom. The molecule has 0 saturated carbocycles. The third kappa shape index (κ3) is 10.3. The Labute approximate surface area is 159 Å². The Morgan fingerprint density at radius 1 is 0.962 bits per heavy atom. The van der Waals surface area contributed by atoms with Gasteiger partial charge in [0.25, 0.3) is 0 Å². The maximum Gasteiger partial charge on any atom is 0.310 e. The normalized spacial score (nSPS) is 12.4. The van der Waals surface area contributed by atoms with E-state index in [1.54, 1.807) is 6.92 Å². The minimum atomic E-state index is -0.783. The molecule has 0 fully saturated rings. The molecule has 3 heteroatoms. The van der Waals surface area contributed by atoms with Crippen molar-refractivity contribution in [3.05, 3.63) is 42.0 Å². The summed E-state index contributed by atoms with van der Waals surface area (Å²) in [5.41, 5.74) is 1.90. The van der Waals surface area contributed by atoms with Crippen LogP contribution in [0.3, 0.4) is 0 Å². The molecule has 0 radical (unpaired) electrons. The van der Waals surface area contributed by atoms with Crippen molar-refractivity contribution >= 4 is 11.7 Å². The maximum atomic E-state index is 11.0. The smallest absolute Gasteiger partial charge is 0.310 e. The SMILES string of the molecule is CCCCCCCCC/C=C/CCCNc1ccc(C(C)C(=O)O)cc1. The van der Waals surface area contributed by atoms with Crippen LogP contribution in [0.4, 0.5) is 5.69 Å². The van der Waals surface area contributed by atoms with Crippen LogP contribution in [-0.4, -0.2) is 17.6 Å². The molecule has 0 aliphatic carbocycles. The first-order valence-electron chi connectivity index (χ1n) is 10.4. The maximum absolute atomic E-state index is 11.0. The van der Waals surface area contributed by atoms with E-state index in [0.717, 1.165) is 30.6 Å². The zero-order chi connectivity index (χ0) is 19.0. The molecular formula is C23H37NO2. The molecule has 0 saturated heterocycles. The summed E-state index contributed by atoms with van der Waals surface area (Å²) >= 11 is 0. The van der Waals surface area contributed by atoms with Crippen molar-refractivity contribution in [2.75, 3.05) is 11.9 Å². The molecule has 1 unspecified atom stereocenters. The van der Waals surface area contributed by atoms with Gasteiger partial charge in [0.1, 0.15) is 0 Å². The van der Waals surface area contributed by atoms with E-state index in [2.05, 4.69) is 24.4 Å². The predicted molar refractivity (Wildman–Crippen MR) is 112 cm³/mol. The van der Waals surface area contributed by atoms with Crippen LogP contribution < -0.4 is 5.32 Å². The molecule has 1 atom stereocenters. The zero-order valence-electron chi connectivity index (χ0n) is 16.7. The topological polar surface area (TPSA) is 49.3 Å². The highest BCUT2D eigenvalue weighted by atomic mass is 16.4. The number of carboxylic acid groups (broad SMARTS) is 1. The first-order chi connectivity index (χ1) is 12.6. The molecule has 0 heterocycles. The number of aliphatic carboxylic acids is 1. The van der Waals surface area contributed by atoms with E-state index >= 15 is 0 Å². The van der Waals surface area contributed by atoms with Gasteiger partial charge in [-0.2, -0.15) is 0 Å². The van der Waals surface area contributed by atoms with Gasteiger partial charge in [0.05, 0.1) is 5.92 Å². The van der Waals surface area contributed by atoms with Crippen molar-refractivity contribution in [2.45, 2.75) is 84.0 Å². The van der Waals surface area contributed by atoms with Crippen LogP contribution in [0.25, 0.3) is 0 Å². The quantitative estimate of drug-likeness (QED) is 0.268. The van der Waals surface area contributed by atoms with Gasteiger partial charge in [0.2, 0.25) is 0 Å². The molecule has 26 heavy (non-hydrogen) atoms. The second-order valence-corrected chi connectivity index (χ2v) is 7.13. The van der Waals surface area contributed by atoms with Crippen molar-refractivity contribution in [3.63, 3.8) is 0 Å². The molecule has 0 aliphatic heterocycles. The Balaban J connectivity index is 2.02. The van der Waals surface area contributed by atoms with Crippen LogP contribution in [0.1, 0.15) is 89.5 Å². The molecule has 2 N–H and O–H groups in total. The van der Waals surface area contributed by atoms with Gasteiger partial charge in [-0.25, -0.2) is 0 Å². The van der Waals surface area contributed by atoms with Gasteiger partial charge >= 0.3 is 5.97 Å². The van der Waals surface area contributed by atoms with E-state index in [1.165, 1.54) is 51.4 Å². The van der Waals surface area contributed by atoms with Crippen LogP contribution in [0.2, 0.25) is 0 Å². The van der Waals surface area contributed by atoms with E-state index in [-0.39, 0.29) is 0 Å². The number of unbranched alkanes of at least 4 members (excludes halogenated alkanes) is 8. The second-order valence-electron chi connectivity index (χ2n) is 7.13. The van der Waals surface area contributed by atoms with Crippen LogP contribution in [0, 0.1) is 0 Å². The third-order valence-electron chi connectivity index (χ3n) is 4.80. The lowest BCUT2D eigenvalue weighted by molar-refractivity contribution is -0.138. The summed E-state index contributed by atoms with van der Waals surface area (Å²) in [4.78, 5) is 11.0. The lowest BCUT2D eigenvalue weighted by atomic mass is 10.0. The molecule has 0 aromatic heterocycles. The van der Waals surface area contributed by atoms with Gasteiger partial charge in [-0.05, 0) is 50.3 Å². The summed E-state index contributed by atoms with van der Waals surface area (Å²) in [6.07, 6.45) is 17.7. The lowest BCUT2D eigenvalue weighted by Gasteiger charge is -2.09. The second kappa shape index (κ2) is 14.4. The highest BCUT2D eigenvalue weighted by Gasteiger charge is 2.12. The summed E-state index contributed by atoms with van der Waals surface area (Å²) in [6.45, 7) is 4.91. The Bertz CT molecular complexity index is 507. The molecule has 1 aromatic carbocycles. The van der Waals surface area contributed by atoms with Crippen LogP contribution in [0.5, 0.6) is 0 Å². The van der Waals surface area contributed by atoms with E-state index in [4.69, 9.17) is 5.11 Å². The fourth-order valence-electron chi connectivity index (χ4n) is 2.94. The summed E-state index contributed by atoms with van der Waals surface area (Å²) in [6, 6.07) is 7.71. The molecule has 0 spiro atoms. The van der Waals surface area contributed by atoms with E-state index in [9.17, 15) is 4.79 Å². The van der Waals surface area contributed by atoms with Crippen LogP contribution >= 0.6 is 0 Å². The number of carbonyl (C=O) groups is 1. The molecule has 0 amide bonds. The molecule has 0 aliphatic rings. The molecule has 0 bridgehead atoms. The van der Waals surface area contributed by atoms with Gasteiger partial charge in [-0.3, -0.25) is 4.79 Å². The van der Waals surface area contributed by atoms with Crippen molar-refractivity contribution < 1.29 is 9.90 Å². The number of hydrogen-bond donors (Lipinski definition) is 2. The van der Waals surface area contributed by atoms with Gasteiger partial charge in [-0.1, -0.05) is 69.7 Å². The monoisotopic (exact) mass is 359 g/mol. The van der Waals surface area contributed by atoms with E-state index in [1.807, 2.05) is 24.3 Å². The summed E-state index contributed by atoms with van der Waals surface area (Å²) in [7, 11) is 0. The number of rotatable bonds is 15. The van der Waals surface area contributed by atoms with Crippen LogP contribution in [0.15, 0.2) is 36.4 Å². The Morgan fingerprint density at radius 2 is 1.54 bits per heavy atom. The van der Waals surface area contributed by atoms with Crippen molar-refractivity contribution in [3.8, 4) is 0 Å². The van der Waals surface area contributed by atoms with Crippen molar-refractivity contribution in [1.82, 2.24) is 0 Å². The number of hydrogen-bond acceptors (Lipinski definition) is 2. The standard InChI is InChI=1S/C23H37NO2/c1-3-4-5-6-7-8-9-10-11-12-13-14-19-24-22-17-15-21(16-18-22)20(2)23(25)26/h11-12,15-18,20,24H,3-10,13-14,19H2,1-2H3,(H,25,26)/b12-11+. The third-order valence-corrected chi connectivity index (χ3v) is 4.80. The first kappa shape index (κ1) is 22.3. The summed E-state index contributed by atoms with van der Waals surface area (Å²) in [5, 5.41) is 12.4. The van der Waals surface area contributed by atoms with Crippen LogP contribution in [-0.2, 0) is 4.79 Å². The van der Waals surface area contributed by atoms with E-state index in [0.29, 0.717) is 0 Å². The van der Waals surface area contributed by atoms with Crippen molar-refractivity contribution in [2.24, 2.45) is 0 Å². The number of anilines is 1. The highest BCUT2D eigenvalue weighted by Crippen LogP contribution is 2.18. The van der Waals surface area contributed by atoms with E-state index < -0.39 is 11.9 Å². The Kier molecular flexibility index (Phi) is 12.3. The lowest BCUT2D eigenvalue weighted by Crippen LogP contribution is -2.07. The predicted octanol–water partition coefficient (Wildman–Crippen LogP) is 6.76. The number of benzene rings is 1. The zero-order valence-corrected chi connectivity index (χ0v) is 16.7. The molecule has 1 aromatic rings. The largest absolute Gasteiger partial charge is 0.481 e. The minimum Gasteiger partial charge on any atom is -0.481 e. The number of nitrogens with one attached hydrogen (secondary N) is 1. The van der Waals surface area contributed by atoms with Gasteiger partial charge in [0.15, 0.2) is 0 Å². The molecular weight excluding hydrogens is 322 g/mol.